The van der Waals surface area contributed by atoms with Crippen LogP contribution in [0, 0.1) is 23.7 Å². The lowest BCUT2D eigenvalue weighted by Gasteiger charge is -2.48. The van der Waals surface area contributed by atoms with Crippen LogP contribution < -0.4 is 0 Å². The summed E-state index contributed by atoms with van der Waals surface area (Å²) in [4.78, 5) is 0. The lowest BCUT2D eigenvalue weighted by atomic mass is 9.55. The summed E-state index contributed by atoms with van der Waals surface area (Å²) in [5, 5.41) is 20.1. The van der Waals surface area contributed by atoms with Crippen LogP contribution in [0.2, 0.25) is 0 Å². The van der Waals surface area contributed by atoms with E-state index >= 15 is 0 Å². The zero-order chi connectivity index (χ0) is 22.8. The minimum Gasteiger partial charge on any atom is -0.378 e. The Morgan fingerprint density at radius 3 is 1.38 bits per heavy atom. The molecule has 2 N–H and O–H groups in total. The molecule has 0 aliphatic heterocycles. The maximum Gasteiger partial charge on any atom is 0.120 e. The Morgan fingerprint density at radius 2 is 1.03 bits per heavy atom. The Morgan fingerprint density at radius 1 is 0.656 bits per heavy atom. The van der Waals surface area contributed by atoms with Crippen LogP contribution in [0.1, 0.15) is 88.5 Å². The first-order chi connectivity index (χ1) is 15.0. The third kappa shape index (κ3) is 3.29. The van der Waals surface area contributed by atoms with Gasteiger partial charge < -0.3 is 10.2 Å². The van der Waals surface area contributed by atoms with E-state index in [4.69, 9.17) is 0 Å². The summed E-state index contributed by atoms with van der Waals surface area (Å²) < 4.78 is 0. The molecule has 2 heteroatoms. The number of fused-ring (bicyclic) bond motifs is 3. The Kier molecular flexibility index (Phi) is 4.66. The average Bonchev–Trinajstić information content (AvgIpc) is 3.27. The second-order valence-electron chi connectivity index (χ2n) is 11.0. The van der Waals surface area contributed by atoms with E-state index in [0.29, 0.717) is 0 Å². The van der Waals surface area contributed by atoms with Crippen LogP contribution in [-0.2, 0) is 10.8 Å². The van der Waals surface area contributed by atoms with E-state index in [9.17, 15) is 10.2 Å². The molecule has 0 radical (unpaired) electrons. The molecule has 2 nitrogen and oxygen atoms in total. The fraction of sp³-hybridized carbons (Fsp3) is 0.467. The van der Waals surface area contributed by atoms with Gasteiger partial charge in [0.2, 0.25) is 0 Å². The summed E-state index contributed by atoms with van der Waals surface area (Å²) in [5.74, 6) is 12.4. The van der Waals surface area contributed by atoms with Crippen molar-refractivity contribution in [3.63, 3.8) is 0 Å². The molecule has 0 unspecified atom stereocenters. The van der Waals surface area contributed by atoms with E-state index in [1.807, 2.05) is 0 Å². The molecule has 0 heterocycles. The molecule has 5 rings (SSSR count). The van der Waals surface area contributed by atoms with Gasteiger partial charge in [-0.3, -0.25) is 0 Å². The maximum atomic E-state index is 10.1. The van der Waals surface area contributed by atoms with Gasteiger partial charge in [-0.2, -0.15) is 0 Å². The molecule has 0 amide bonds. The molecule has 2 saturated carbocycles. The van der Waals surface area contributed by atoms with Crippen LogP contribution >= 0.6 is 0 Å². The van der Waals surface area contributed by atoms with E-state index in [0.717, 1.165) is 11.1 Å². The van der Waals surface area contributed by atoms with Gasteiger partial charge in [0.1, 0.15) is 11.2 Å². The molecule has 0 bridgehead atoms. The lowest BCUT2D eigenvalue weighted by Crippen LogP contribution is -2.43. The molecule has 0 atom stereocenters. The Balaban J connectivity index is 1.72. The van der Waals surface area contributed by atoms with Crippen molar-refractivity contribution in [3.05, 3.63) is 58.7 Å². The molecule has 164 valence electrons. The molecule has 2 fully saturated rings. The van der Waals surface area contributed by atoms with Crippen molar-refractivity contribution in [1.82, 2.24) is 0 Å². The molecule has 2 aromatic rings. The Labute approximate surface area is 192 Å². The minimum atomic E-state index is -0.994. The van der Waals surface area contributed by atoms with Crippen molar-refractivity contribution in [1.29, 1.82) is 0 Å². The number of rotatable bonds is 0. The number of hydrogen-bond acceptors (Lipinski definition) is 2. The zero-order valence-electron chi connectivity index (χ0n) is 19.6. The van der Waals surface area contributed by atoms with Crippen LogP contribution in [0.4, 0.5) is 0 Å². The predicted octanol–water partition coefficient (Wildman–Crippen LogP) is 5.46. The third-order valence-electron chi connectivity index (χ3n) is 7.72. The van der Waals surface area contributed by atoms with Gasteiger partial charge in [0, 0.05) is 22.0 Å². The summed E-state index contributed by atoms with van der Waals surface area (Å²) in [6.07, 6.45) is 7.39. The molecular weight excluding hydrogens is 392 g/mol. The normalized spacial score (nSPS) is 25.4. The first-order valence-electron chi connectivity index (χ1n) is 11.8. The summed E-state index contributed by atoms with van der Waals surface area (Å²) in [6.45, 7) is 6.91. The first kappa shape index (κ1) is 21.3. The van der Waals surface area contributed by atoms with Crippen molar-refractivity contribution in [2.24, 2.45) is 0 Å². The standard InChI is InChI=1S/C30H32O2/c1-27(2,31)17-11-21-7-9-23-24-10-8-22(12-18-28(3,4)32)20-26(24)30-15-5-13-29(30,14-6-16-30)25(23)19-21/h7-10,19-20,31-32H,5-6,13-16H2,1-4H3. The Hall–Kier alpha value is -2.52. The van der Waals surface area contributed by atoms with Gasteiger partial charge in [0.25, 0.3) is 0 Å². The largest absolute Gasteiger partial charge is 0.378 e. The quantitative estimate of drug-likeness (QED) is 0.552. The van der Waals surface area contributed by atoms with Gasteiger partial charge in [-0.15, -0.1) is 0 Å². The summed E-state index contributed by atoms with van der Waals surface area (Å²) in [7, 11) is 0. The highest BCUT2D eigenvalue weighted by Crippen LogP contribution is 2.69. The highest BCUT2D eigenvalue weighted by atomic mass is 16.3. The van der Waals surface area contributed by atoms with Crippen molar-refractivity contribution in [3.8, 4) is 34.8 Å². The molecular formula is C30H32O2. The average molecular weight is 425 g/mol. The highest BCUT2D eigenvalue weighted by Gasteiger charge is 2.62. The van der Waals surface area contributed by atoms with Gasteiger partial charge in [-0.05, 0) is 99.9 Å². The molecule has 3 aliphatic carbocycles. The Bertz CT molecular complexity index is 1110. The maximum absolute atomic E-state index is 10.1. The van der Waals surface area contributed by atoms with Crippen LogP contribution in [0.15, 0.2) is 36.4 Å². The second-order valence-corrected chi connectivity index (χ2v) is 11.0. The second kappa shape index (κ2) is 6.99. The molecule has 32 heavy (non-hydrogen) atoms. The summed E-state index contributed by atoms with van der Waals surface area (Å²) in [5.41, 5.74) is 5.90. The zero-order valence-corrected chi connectivity index (χ0v) is 19.6. The topological polar surface area (TPSA) is 40.5 Å². The first-order valence-corrected chi connectivity index (χ1v) is 11.8. The number of hydrogen-bond donors (Lipinski definition) is 2. The van der Waals surface area contributed by atoms with E-state index in [2.05, 4.69) is 60.1 Å². The lowest BCUT2D eigenvalue weighted by molar-refractivity contribution is 0.143. The van der Waals surface area contributed by atoms with E-state index < -0.39 is 11.2 Å². The molecule has 3 aliphatic rings. The van der Waals surface area contributed by atoms with Gasteiger partial charge in [-0.25, -0.2) is 0 Å². The van der Waals surface area contributed by atoms with Gasteiger partial charge >= 0.3 is 0 Å². The summed E-state index contributed by atoms with van der Waals surface area (Å²) in [6, 6.07) is 13.3. The number of benzene rings is 2. The third-order valence-corrected chi connectivity index (χ3v) is 7.72. The fourth-order valence-electron chi connectivity index (χ4n) is 6.60. The van der Waals surface area contributed by atoms with Crippen LogP contribution in [0.25, 0.3) is 11.1 Å². The minimum absolute atomic E-state index is 0.171. The summed E-state index contributed by atoms with van der Waals surface area (Å²) >= 11 is 0. The van der Waals surface area contributed by atoms with Crippen LogP contribution in [0.3, 0.4) is 0 Å². The fourth-order valence-corrected chi connectivity index (χ4v) is 6.60. The van der Waals surface area contributed by atoms with E-state index in [1.165, 1.54) is 60.8 Å². The molecule has 2 aromatic carbocycles. The van der Waals surface area contributed by atoms with Crippen molar-refractivity contribution < 1.29 is 10.2 Å². The van der Waals surface area contributed by atoms with Gasteiger partial charge in [0.05, 0.1) is 0 Å². The van der Waals surface area contributed by atoms with E-state index in [-0.39, 0.29) is 10.8 Å². The van der Waals surface area contributed by atoms with Gasteiger partial charge in [0.15, 0.2) is 0 Å². The van der Waals surface area contributed by atoms with E-state index in [1.54, 1.807) is 27.7 Å². The molecule has 0 aromatic heterocycles. The van der Waals surface area contributed by atoms with Crippen molar-refractivity contribution >= 4 is 0 Å². The number of aliphatic hydroxyl groups is 2. The van der Waals surface area contributed by atoms with Crippen LogP contribution in [0.5, 0.6) is 0 Å². The van der Waals surface area contributed by atoms with Crippen molar-refractivity contribution in [2.45, 2.75) is 88.3 Å². The van der Waals surface area contributed by atoms with Crippen LogP contribution in [-0.4, -0.2) is 21.4 Å². The molecule has 0 saturated heterocycles. The molecule has 0 spiro atoms. The smallest absolute Gasteiger partial charge is 0.120 e. The van der Waals surface area contributed by atoms with Crippen molar-refractivity contribution in [2.75, 3.05) is 0 Å². The monoisotopic (exact) mass is 424 g/mol. The predicted molar refractivity (Wildman–Crippen MR) is 129 cm³/mol. The van der Waals surface area contributed by atoms with Gasteiger partial charge in [-0.1, -0.05) is 48.7 Å². The SMILES string of the molecule is CC(C)(O)C#Cc1ccc2c(c1)C13CCCC1(CCC3)c1cc(C#CC(C)(C)O)ccc1-2. The highest BCUT2D eigenvalue weighted by molar-refractivity contribution is 5.80.